The van der Waals surface area contributed by atoms with E-state index in [2.05, 4.69) is 4.74 Å². The van der Waals surface area contributed by atoms with Crippen molar-refractivity contribution in [3.05, 3.63) is 0 Å². The molecule has 0 saturated carbocycles. The molecule has 0 aliphatic rings. The zero-order valence-corrected chi connectivity index (χ0v) is 4.68. The largest absolute Gasteiger partial charge is 0.384 e. The standard InChI is InChI=1S/C5H11NO2/c1-4(3-8-2)5(6)7/h4H,3H2,1-2H3,(H2,6,7)/i2D3. The zero-order chi connectivity index (χ0) is 9.07. The Morgan fingerprint density at radius 3 is 3.12 bits per heavy atom. The van der Waals surface area contributed by atoms with Crippen molar-refractivity contribution in [3.63, 3.8) is 0 Å². The summed E-state index contributed by atoms with van der Waals surface area (Å²) in [5.41, 5.74) is 4.86. The van der Waals surface area contributed by atoms with Crippen LogP contribution in [-0.2, 0) is 9.53 Å². The quantitative estimate of drug-likeness (QED) is 0.558. The number of methoxy groups -OCH3 is 1. The van der Waals surface area contributed by atoms with Crippen LogP contribution in [0.2, 0.25) is 0 Å². The summed E-state index contributed by atoms with van der Waals surface area (Å²) in [6.45, 7) is 1.35. The van der Waals surface area contributed by atoms with Crippen LogP contribution in [0.3, 0.4) is 0 Å². The van der Waals surface area contributed by atoms with Gasteiger partial charge in [-0.15, -0.1) is 0 Å². The molecular formula is C5H11NO2. The molecule has 1 amide bonds. The fourth-order valence-corrected chi connectivity index (χ4v) is 0.207. The molecule has 0 spiro atoms. The summed E-state index contributed by atoms with van der Waals surface area (Å²) in [6.07, 6.45) is 0. The monoisotopic (exact) mass is 120 g/mol. The van der Waals surface area contributed by atoms with E-state index in [-0.39, 0.29) is 6.61 Å². The Kier molecular flexibility index (Phi) is 1.48. The summed E-state index contributed by atoms with van der Waals surface area (Å²) in [7, 11) is -2.44. The molecule has 0 aliphatic heterocycles. The summed E-state index contributed by atoms with van der Waals surface area (Å²) >= 11 is 0. The maximum Gasteiger partial charge on any atom is 0.222 e. The third-order valence-corrected chi connectivity index (χ3v) is 0.819. The van der Waals surface area contributed by atoms with Gasteiger partial charge in [0, 0.05) is 7.04 Å². The lowest BCUT2D eigenvalue weighted by molar-refractivity contribution is -0.122. The Morgan fingerprint density at radius 2 is 2.75 bits per heavy atom. The number of primary amides is 1. The van der Waals surface area contributed by atoms with Gasteiger partial charge in [-0.3, -0.25) is 4.79 Å². The van der Waals surface area contributed by atoms with Gasteiger partial charge in [0.2, 0.25) is 5.91 Å². The van der Waals surface area contributed by atoms with Gasteiger partial charge in [-0.05, 0) is 0 Å². The van der Waals surface area contributed by atoms with Crippen molar-refractivity contribution in [2.24, 2.45) is 11.7 Å². The van der Waals surface area contributed by atoms with E-state index in [9.17, 15) is 4.79 Å². The maximum atomic E-state index is 10.4. The van der Waals surface area contributed by atoms with Gasteiger partial charge in [0.05, 0.1) is 16.6 Å². The minimum atomic E-state index is -2.44. The van der Waals surface area contributed by atoms with Gasteiger partial charge in [-0.1, -0.05) is 6.92 Å². The fourth-order valence-electron chi connectivity index (χ4n) is 0.207. The highest BCUT2D eigenvalue weighted by Gasteiger charge is 2.05. The van der Waals surface area contributed by atoms with E-state index in [4.69, 9.17) is 9.85 Å². The first-order valence-electron chi connectivity index (χ1n) is 3.76. The van der Waals surface area contributed by atoms with Crippen molar-refractivity contribution in [1.29, 1.82) is 0 Å². The minimum Gasteiger partial charge on any atom is -0.384 e. The minimum absolute atomic E-state index is 0.161. The second-order valence-electron chi connectivity index (χ2n) is 1.61. The van der Waals surface area contributed by atoms with E-state index in [1.807, 2.05) is 0 Å². The molecule has 1 atom stereocenters. The third-order valence-electron chi connectivity index (χ3n) is 0.819. The highest BCUT2D eigenvalue weighted by Crippen LogP contribution is 1.90. The summed E-state index contributed by atoms with van der Waals surface area (Å²) in [5.74, 6) is -1.12. The van der Waals surface area contributed by atoms with Crippen molar-refractivity contribution in [1.82, 2.24) is 0 Å². The molecule has 0 aromatic carbocycles. The van der Waals surface area contributed by atoms with E-state index >= 15 is 0 Å². The van der Waals surface area contributed by atoms with E-state index in [0.717, 1.165) is 0 Å². The lowest BCUT2D eigenvalue weighted by Gasteiger charge is -2.02. The molecule has 0 heterocycles. The first-order valence-corrected chi connectivity index (χ1v) is 2.26. The lowest BCUT2D eigenvalue weighted by Crippen LogP contribution is -2.23. The van der Waals surface area contributed by atoms with Crippen molar-refractivity contribution < 1.29 is 13.6 Å². The second-order valence-corrected chi connectivity index (χ2v) is 1.61. The average Bonchev–Trinajstić information content (AvgIpc) is 1.80. The van der Waals surface area contributed by atoms with Crippen LogP contribution in [0.15, 0.2) is 0 Å². The molecule has 0 radical (unpaired) electrons. The number of carbonyl (C=O) groups excluding carboxylic acids is 1. The second kappa shape index (κ2) is 3.43. The number of ether oxygens (including phenoxy) is 1. The molecule has 8 heavy (non-hydrogen) atoms. The lowest BCUT2D eigenvalue weighted by atomic mass is 10.2. The molecule has 48 valence electrons. The van der Waals surface area contributed by atoms with Gasteiger partial charge in [0.25, 0.3) is 0 Å². The summed E-state index contributed by atoms with van der Waals surface area (Å²) < 4.78 is 24.2. The molecular weight excluding hydrogens is 106 g/mol. The number of amides is 1. The topological polar surface area (TPSA) is 52.3 Å². The fraction of sp³-hybridized carbons (Fsp3) is 0.800. The molecule has 0 aromatic rings. The summed E-state index contributed by atoms with van der Waals surface area (Å²) in [5, 5.41) is 0. The van der Waals surface area contributed by atoms with Gasteiger partial charge >= 0.3 is 0 Å². The molecule has 0 saturated heterocycles. The maximum absolute atomic E-state index is 10.4. The number of carbonyl (C=O) groups is 1. The van der Waals surface area contributed by atoms with Crippen molar-refractivity contribution >= 4 is 5.91 Å². The van der Waals surface area contributed by atoms with E-state index in [1.165, 1.54) is 6.92 Å². The van der Waals surface area contributed by atoms with Crippen LogP contribution in [-0.4, -0.2) is 19.6 Å². The number of hydrogen-bond donors (Lipinski definition) is 1. The molecule has 0 aromatic heterocycles. The smallest absolute Gasteiger partial charge is 0.222 e. The van der Waals surface area contributed by atoms with E-state index in [1.54, 1.807) is 0 Å². The number of hydrogen-bond acceptors (Lipinski definition) is 2. The molecule has 1 unspecified atom stereocenters. The predicted octanol–water partition coefficient (Wildman–Crippen LogP) is -0.246. The van der Waals surface area contributed by atoms with Crippen molar-refractivity contribution in [2.75, 3.05) is 13.6 Å². The molecule has 0 bridgehead atoms. The first-order chi connectivity index (χ1) is 4.83. The Labute approximate surface area is 53.0 Å². The van der Waals surface area contributed by atoms with Crippen LogP contribution in [0, 0.1) is 5.92 Å². The first kappa shape index (κ1) is 3.45. The number of nitrogens with two attached hydrogens (primary N) is 1. The van der Waals surface area contributed by atoms with Gasteiger partial charge in [0.1, 0.15) is 0 Å². The van der Waals surface area contributed by atoms with Crippen LogP contribution < -0.4 is 5.73 Å². The van der Waals surface area contributed by atoms with Crippen LogP contribution in [0.4, 0.5) is 0 Å². The molecule has 0 fully saturated rings. The Balaban J connectivity index is 3.63. The average molecular weight is 120 g/mol. The molecule has 3 heteroatoms. The van der Waals surface area contributed by atoms with Crippen molar-refractivity contribution in [3.8, 4) is 0 Å². The molecule has 3 nitrogen and oxygen atoms in total. The van der Waals surface area contributed by atoms with Crippen molar-refractivity contribution in [2.45, 2.75) is 6.92 Å². The van der Waals surface area contributed by atoms with Gasteiger partial charge in [-0.25, -0.2) is 0 Å². The Hall–Kier alpha value is -0.570. The zero-order valence-electron chi connectivity index (χ0n) is 7.68. The summed E-state index contributed by atoms with van der Waals surface area (Å²) in [6, 6.07) is 0. The Morgan fingerprint density at radius 1 is 2.12 bits per heavy atom. The highest BCUT2D eigenvalue weighted by molar-refractivity contribution is 5.76. The van der Waals surface area contributed by atoms with Gasteiger partial charge in [-0.2, -0.15) is 0 Å². The highest BCUT2D eigenvalue weighted by atomic mass is 16.5. The molecule has 0 rings (SSSR count). The molecule has 0 aliphatic carbocycles. The van der Waals surface area contributed by atoms with Gasteiger partial charge in [0.15, 0.2) is 0 Å². The van der Waals surface area contributed by atoms with Crippen LogP contribution in [0.5, 0.6) is 0 Å². The van der Waals surface area contributed by atoms with Crippen LogP contribution in [0.1, 0.15) is 11.0 Å². The SMILES string of the molecule is [2H]C([2H])([2H])OCC(C)C(N)=O. The summed E-state index contributed by atoms with van der Waals surface area (Å²) in [4.78, 5) is 10.4. The Bertz CT molecular complexity index is 145. The van der Waals surface area contributed by atoms with Crippen LogP contribution >= 0.6 is 0 Å². The number of rotatable bonds is 3. The van der Waals surface area contributed by atoms with Gasteiger partial charge < -0.3 is 10.5 Å². The third kappa shape index (κ3) is 2.58. The normalized spacial score (nSPS) is 20.4. The van der Waals surface area contributed by atoms with E-state index < -0.39 is 18.9 Å². The molecule has 2 N–H and O–H groups in total. The van der Waals surface area contributed by atoms with Crippen LogP contribution in [0.25, 0.3) is 0 Å². The predicted molar refractivity (Wildman–Crippen MR) is 30.2 cm³/mol. The van der Waals surface area contributed by atoms with E-state index in [0.29, 0.717) is 0 Å².